The van der Waals surface area contributed by atoms with Crippen molar-refractivity contribution in [2.75, 3.05) is 26.1 Å². The SMILES string of the molecule is COC(CNc1cccc(C)c1C#N)OC. The zero-order valence-corrected chi connectivity index (χ0v) is 9.78. The minimum atomic E-state index is -0.313. The van der Waals surface area contributed by atoms with Crippen molar-refractivity contribution in [1.82, 2.24) is 0 Å². The number of benzene rings is 1. The van der Waals surface area contributed by atoms with Gasteiger partial charge in [-0.2, -0.15) is 5.26 Å². The highest BCUT2D eigenvalue weighted by Gasteiger charge is 2.08. The lowest BCUT2D eigenvalue weighted by Crippen LogP contribution is -2.24. The van der Waals surface area contributed by atoms with Crippen LogP contribution < -0.4 is 5.32 Å². The second kappa shape index (κ2) is 6.11. The highest BCUT2D eigenvalue weighted by molar-refractivity contribution is 5.60. The van der Waals surface area contributed by atoms with E-state index in [0.717, 1.165) is 11.3 Å². The monoisotopic (exact) mass is 220 g/mol. The number of nitriles is 1. The van der Waals surface area contributed by atoms with Crippen molar-refractivity contribution in [3.8, 4) is 6.07 Å². The predicted octanol–water partition coefficient (Wildman–Crippen LogP) is 1.90. The van der Waals surface area contributed by atoms with Gasteiger partial charge in [0.15, 0.2) is 6.29 Å². The Morgan fingerprint density at radius 1 is 1.38 bits per heavy atom. The number of nitrogens with one attached hydrogen (secondary N) is 1. The molecule has 4 nitrogen and oxygen atoms in total. The largest absolute Gasteiger partial charge is 0.379 e. The van der Waals surface area contributed by atoms with Crippen molar-refractivity contribution < 1.29 is 9.47 Å². The lowest BCUT2D eigenvalue weighted by Gasteiger charge is -2.16. The lowest BCUT2D eigenvalue weighted by molar-refractivity contribution is -0.0914. The maximum Gasteiger partial charge on any atom is 0.173 e. The highest BCUT2D eigenvalue weighted by Crippen LogP contribution is 2.18. The number of rotatable bonds is 5. The van der Waals surface area contributed by atoms with Crippen LogP contribution >= 0.6 is 0 Å². The molecule has 0 heterocycles. The Labute approximate surface area is 95.8 Å². The van der Waals surface area contributed by atoms with Gasteiger partial charge in [0.05, 0.1) is 17.8 Å². The van der Waals surface area contributed by atoms with Gasteiger partial charge < -0.3 is 14.8 Å². The summed E-state index contributed by atoms with van der Waals surface area (Å²) in [4.78, 5) is 0. The lowest BCUT2D eigenvalue weighted by atomic mass is 10.1. The number of ether oxygens (including phenoxy) is 2. The first kappa shape index (κ1) is 12.5. The number of nitrogens with zero attached hydrogens (tertiary/aromatic N) is 1. The summed E-state index contributed by atoms with van der Waals surface area (Å²) in [5.74, 6) is 0. The summed E-state index contributed by atoms with van der Waals surface area (Å²) < 4.78 is 10.1. The molecule has 0 amide bonds. The van der Waals surface area contributed by atoms with E-state index in [1.165, 1.54) is 0 Å². The maximum absolute atomic E-state index is 9.03. The van der Waals surface area contributed by atoms with E-state index in [-0.39, 0.29) is 6.29 Å². The summed E-state index contributed by atoms with van der Waals surface area (Å²) >= 11 is 0. The zero-order valence-electron chi connectivity index (χ0n) is 9.78. The second-order valence-corrected chi connectivity index (χ2v) is 3.39. The highest BCUT2D eigenvalue weighted by atomic mass is 16.7. The van der Waals surface area contributed by atoms with Crippen LogP contribution in [0.1, 0.15) is 11.1 Å². The fourth-order valence-electron chi connectivity index (χ4n) is 1.42. The Morgan fingerprint density at radius 2 is 2.06 bits per heavy atom. The summed E-state index contributed by atoms with van der Waals surface area (Å²) in [6, 6.07) is 7.87. The van der Waals surface area contributed by atoms with Crippen LogP contribution in [0.5, 0.6) is 0 Å². The Balaban J connectivity index is 2.74. The van der Waals surface area contributed by atoms with E-state index in [2.05, 4.69) is 11.4 Å². The summed E-state index contributed by atoms with van der Waals surface area (Å²) in [5.41, 5.74) is 2.42. The van der Waals surface area contributed by atoms with E-state index in [1.807, 2.05) is 25.1 Å². The molecule has 0 saturated carbocycles. The van der Waals surface area contributed by atoms with Gasteiger partial charge in [0.1, 0.15) is 6.07 Å². The molecule has 1 rings (SSSR count). The van der Waals surface area contributed by atoms with Gasteiger partial charge in [-0.05, 0) is 18.6 Å². The van der Waals surface area contributed by atoms with Gasteiger partial charge in [-0.15, -0.1) is 0 Å². The van der Waals surface area contributed by atoms with Crippen LogP contribution in [-0.2, 0) is 9.47 Å². The standard InChI is InChI=1S/C12H16N2O2/c1-9-5-4-6-11(10(9)7-13)14-8-12(15-2)16-3/h4-6,12,14H,8H2,1-3H3. The van der Waals surface area contributed by atoms with E-state index in [9.17, 15) is 0 Å². The molecule has 0 spiro atoms. The Kier molecular flexibility index (Phi) is 4.77. The molecule has 16 heavy (non-hydrogen) atoms. The van der Waals surface area contributed by atoms with Gasteiger partial charge in [0.2, 0.25) is 0 Å². The molecule has 0 aliphatic heterocycles. The molecule has 1 aromatic rings. The molecule has 0 unspecified atom stereocenters. The van der Waals surface area contributed by atoms with Crippen LogP contribution in [0.2, 0.25) is 0 Å². The van der Waals surface area contributed by atoms with E-state index < -0.39 is 0 Å². The third-order valence-electron chi connectivity index (χ3n) is 2.37. The van der Waals surface area contributed by atoms with Crippen LogP contribution in [0.15, 0.2) is 18.2 Å². The zero-order chi connectivity index (χ0) is 12.0. The van der Waals surface area contributed by atoms with E-state index in [4.69, 9.17) is 14.7 Å². The fourth-order valence-corrected chi connectivity index (χ4v) is 1.42. The molecule has 4 heteroatoms. The molecule has 0 saturated heterocycles. The van der Waals surface area contributed by atoms with Crippen LogP contribution in [0.3, 0.4) is 0 Å². The molecule has 0 bridgehead atoms. The average Bonchev–Trinajstić information content (AvgIpc) is 2.30. The molecule has 0 aromatic heterocycles. The van der Waals surface area contributed by atoms with Gasteiger partial charge in [0, 0.05) is 14.2 Å². The van der Waals surface area contributed by atoms with Crippen molar-refractivity contribution in [3.05, 3.63) is 29.3 Å². The Morgan fingerprint density at radius 3 is 2.62 bits per heavy atom. The average molecular weight is 220 g/mol. The van der Waals surface area contributed by atoms with Crippen molar-refractivity contribution in [1.29, 1.82) is 5.26 Å². The minimum absolute atomic E-state index is 0.313. The van der Waals surface area contributed by atoms with Gasteiger partial charge in [0.25, 0.3) is 0 Å². The summed E-state index contributed by atoms with van der Waals surface area (Å²) in [6.07, 6.45) is -0.313. The third kappa shape index (κ3) is 2.96. The molecule has 86 valence electrons. The second-order valence-electron chi connectivity index (χ2n) is 3.39. The number of hydrogen-bond acceptors (Lipinski definition) is 4. The third-order valence-corrected chi connectivity index (χ3v) is 2.37. The van der Waals surface area contributed by atoms with Crippen LogP contribution in [0, 0.1) is 18.3 Å². The van der Waals surface area contributed by atoms with Gasteiger partial charge in [-0.25, -0.2) is 0 Å². The number of anilines is 1. The Bertz CT molecular complexity index is 381. The smallest absolute Gasteiger partial charge is 0.173 e. The topological polar surface area (TPSA) is 54.3 Å². The Hall–Kier alpha value is -1.57. The molecule has 0 radical (unpaired) electrons. The van der Waals surface area contributed by atoms with E-state index in [1.54, 1.807) is 14.2 Å². The van der Waals surface area contributed by atoms with E-state index >= 15 is 0 Å². The van der Waals surface area contributed by atoms with E-state index in [0.29, 0.717) is 12.1 Å². The minimum Gasteiger partial charge on any atom is -0.379 e. The van der Waals surface area contributed by atoms with Gasteiger partial charge >= 0.3 is 0 Å². The number of methoxy groups -OCH3 is 2. The first-order chi connectivity index (χ1) is 7.72. The summed E-state index contributed by atoms with van der Waals surface area (Å²) in [7, 11) is 3.16. The van der Waals surface area contributed by atoms with Gasteiger partial charge in [-0.3, -0.25) is 0 Å². The number of hydrogen-bond donors (Lipinski definition) is 1. The van der Waals surface area contributed by atoms with Crippen molar-refractivity contribution in [3.63, 3.8) is 0 Å². The summed E-state index contributed by atoms with van der Waals surface area (Å²) in [6.45, 7) is 2.42. The molecular weight excluding hydrogens is 204 g/mol. The molecule has 0 atom stereocenters. The molecule has 0 aliphatic carbocycles. The molecule has 0 aliphatic rings. The maximum atomic E-state index is 9.03. The fraction of sp³-hybridized carbons (Fsp3) is 0.417. The number of aryl methyl sites for hydroxylation is 1. The quantitative estimate of drug-likeness (QED) is 0.770. The van der Waals surface area contributed by atoms with Crippen molar-refractivity contribution in [2.24, 2.45) is 0 Å². The van der Waals surface area contributed by atoms with Crippen LogP contribution in [-0.4, -0.2) is 27.1 Å². The first-order valence-electron chi connectivity index (χ1n) is 5.02. The molecule has 0 fully saturated rings. The molecular formula is C12H16N2O2. The van der Waals surface area contributed by atoms with Crippen molar-refractivity contribution in [2.45, 2.75) is 13.2 Å². The molecule has 1 aromatic carbocycles. The van der Waals surface area contributed by atoms with Crippen molar-refractivity contribution >= 4 is 5.69 Å². The predicted molar refractivity (Wildman–Crippen MR) is 62.2 cm³/mol. The molecule has 1 N–H and O–H groups in total. The summed E-state index contributed by atoms with van der Waals surface area (Å²) in [5, 5.41) is 12.2. The van der Waals surface area contributed by atoms with Crippen LogP contribution in [0.25, 0.3) is 0 Å². The van der Waals surface area contributed by atoms with Crippen LogP contribution in [0.4, 0.5) is 5.69 Å². The normalized spacial score (nSPS) is 10.2. The van der Waals surface area contributed by atoms with Gasteiger partial charge in [-0.1, -0.05) is 12.1 Å². The first-order valence-corrected chi connectivity index (χ1v) is 5.02.